The lowest BCUT2D eigenvalue weighted by Crippen LogP contribution is -2.11. The van der Waals surface area contributed by atoms with Gasteiger partial charge in [-0.3, -0.25) is 14.9 Å². The van der Waals surface area contributed by atoms with Crippen LogP contribution in [0.5, 0.6) is 0 Å². The molecule has 0 spiro atoms. The Balaban J connectivity index is 2.48. The van der Waals surface area contributed by atoms with Crippen molar-refractivity contribution in [1.82, 2.24) is 4.98 Å². The van der Waals surface area contributed by atoms with Crippen molar-refractivity contribution in [1.29, 1.82) is 0 Å². The van der Waals surface area contributed by atoms with Crippen molar-refractivity contribution in [2.75, 3.05) is 0 Å². The van der Waals surface area contributed by atoms with E-state index in [4.69, 9.17) is 0 Å². The summed E-state index contributed by atoms with van der Waals surface area (Å²) in [6.07, 6.45) is 0. The van der Waals surface area contributed by atoms with E-state index in [9.17, 15) is 14.9 Å². The lowest BCUT2D eigenvalue weighted by atomic mass is 10.1. The minimum absolute atomic E-state index is 0.444. The maximum atomic E-state index is 11.4. The second-order valence-corrected chi connectivity index (χ2v) is 3.71. The number of rotatable bonds is 2. The van der Waals surface area contributed by atoms with Gasteiger partial charge in [-0.25, -0.2) is 0 Å². The Hall–Kier alpha value is -2.43. The van der Waals surface area contributed by atoms with Crippen molar-refractivity contribution in [3.8, 4) is 11.3 Å². The molecule has 0 fully saturated rings. The van der Waals surface area contributed by atoms with Crippen molar-refractivity contribution >= 4 is 5.69 Å². The van der Waals surface area contributed by atoms with Crippen molar-refractivity contribution < 1.29 is 4.92 Å². The molecule has 0 aliphatic rings. The third-order valence-electron chi connectivity index (χ3n) is 2.45. The van der Waals surface area contributed by atoms with E-state index in [-0.39, 0.29) is 0 Å². The molecule has 0 unspecified atom stereocenters. The molecule has 1 aromatic carbocycles. The molecule has 86 valence electrons. The van der Waals surface area contributed by atoms with Crippen LogP contribution in [0.3, 0.4) is 0 Å². The van der Waals surface area contributed by atoms with E-state index >= 15 is 0 Å². The molecule has 0 saturated carbocycles. The van der Waals surface area contributed by atoms with Crippen molar-refractivity contribution in [2.24, 2.45) is 0 Å². The maximum absolute atomic E-state index is 11.4. The van der Waals surface area contributed by atoms with Crippen LogP contribution >= 0.6 is 0 Å². The summed E-state index contributed by atoms with van der Waals surface area (Å²) < 4.78 is 0. The first-order valence-electron chi connectivity index (χ1n) is 5.02. The third-order valence-corrected chi connectivity index (χ3v) is 2.45. The highest BCUT2D eigenvalue weighted by molar-refractivity contribution is 5.60. The van der Waals surface area contributed by atoms with Gasteiger partial charge < -0.3 is 4.98 Å². The van der Waals surface area contributed by atoms with E-state index < -0.39 is 16.2 Å². The molecule has 0 aliphatic carbocycles. The number of hydrogen-bond donors (Lipinski definition) is 1. The van der Waals surface area contributed by atoms with Gasteiger partial charge in [-0.05, 0) is 18.6 Å². The van der Waals surface area contributed by atoms with Crippen LogP contribution in [0.1, 0.15) is 5.56 Å². The summed E-state index contributed by atoms with van der Waals surface area (Å²) in [5, 5.41) is 10.5. The van der Waals surface area contributed by atoms with E-state index in [1.54, 1.807) is 0 Å². The molecule has 0 radical (unpaired) electrons. The van der Waals surface area contributed by atoms with Gasteiger partial charge in [0.15, 0.2) is 0 Å². The second kappa shape index (κ2) is 4.21. The van der Waals surface area contributed by atoms with Gasteiger partial charge in [0.2, 0.25) is 0 Å². The quantitative estimate of drug-likeness (QED) is 0.635. The Morgan fingerprint density at radius 2 is 1.76 bits per heavy atom. The molecule has 17 heavy (non-hydrogen) atoms. The fourth-order valence-corrected chi connectivity index (χ4v) is 1.51. The number of benzene rings is 1. The highest BCUT2D eigenvalue weighted by atomic mass is 16.6. The number of H-pyrrole nitrogens is 1. The van der Waals surface area contributed by atoms with Crippen molar-refractivity contribution in [3.05, 3.63) is 62.4 Å². The minimum atomic E-state index is -0.697. The first kappa shape index (κ1) is 11.1. The van der Waals surface area contributed by atoms with Gasteiger partial charge in [-0.1, -0.05) is 29.8 Å². The molecular weight excluding hydrogens is 220 g/mol. The lowest BCUT2D eigenvalue weighted by Gasteiger charge is -2.01. The molecule has 0 amide bonds. The fraction of sp³-hybridized carbons (Fsp3) is 0.0833. The molecule has 1 heterocycles. The molecule has 2 rings (SSSR count). The fourth-order valence-electron chi connectivity index (χ4n) is 1.51. The Kier molecular flexibility index (Phi) is 2.74. The molecule has 0 aliphatic heterocycles. The Bertz CT molecular complexity index is 614. The molecule has 5 heteroatoms. The van der Waals surface area contributed by atoms with Crippen molar-refractivity contribution in [3.63, 3.8) is 0 Å². The Morgan fingerprint density at radius 3 is 2.29 bits per heavy atom. The number of hydrogen-bond acceptors (Lipinski definition) is 3. The number of aromatic amines is 1. The number of nitrogens with zero attached hydrogens (tertiary/aromatic N) is 1. The van der Waals surface area contributed by atoms with Crippen LogP contribution in [0.25, 0.3) is 11.3 Å². The van der Waals surface area contributed by atoms with Gasteiger partial charge >= 0.3 is 11.2 Å². The standard InChI is InChI=1S/C12H10N2O3/c1-8-2-4-9(5-3-8)10-6-7-11(14(16)17)12(15)13-10/h2-7H,1H3,(H,13,15). The highest BCUT2D eigenvalue weighted by Gasteiger charge is 2.11. The smallest absolute Gasteiger partial charge is 0.316 e. The van der Waals surface area contributed by atoms with E-state index in [2.05, 4.69) is 4.98 Å². The zero-order chi connectivity index (χ0) is 12.4. The molecule has 1 N–H and O–H groups in total. The molecule has 0 bridgehead atoms. The van der Waals surface area contributed by atoms with Gasteiger partial charge in [0, 0.05) is 11.8 Å². The number of aromatic nitrogens is 1. The summed E-state index contributed by atoms with van der Waals surface area (Å²) in [4.78, 5) is 23.7. The zero-order valence-electron chi connectivity index (χ0n) is 9.14. The van der Waals surface area contributed by atoms with Gasteiger partial charge in [-0.15, -0.1) is 0 Å². The van der Waals surface area contributed by atoms with Crippen LogP contribution < -0.4 is 5.56 Å². The first-order valence-corrected chi connectivity index (χ1v) is 5.02. The van der Waals surface area contributed by atoms with Crippen LogP contribution in [0.2, 0.25) is 0 Å². The lowest BCUT2D eigenvalue weighted by molar-refractivity contribution is -0.386. The van der Waals surface area contributed by atoms with Crippen LogP contribution in [-0.2, 0) is 0 Å². The number of nitrogens with one attached hydrogen (secondary N) is 1. The summed E-state index contributed by atoms with van der Waals surface area (Å²) in [6.45, 7) is 1.96. The Labute approximate surface area is 96.9 Å². The van der Waals surface area contributed by atoms with E-state index in [0.29, 0.717) is 5.69 Å². The summed E-state index contributed by atoms with van der Waals surface area (Å²) >= 11 is 0. The molecule has 5 nitrogen and oxygen atoms in total. The maximum Gasteiger partial charge on any atom is 0.333 e. The Morgan fingerprint density at radius 1 is 1.12 bits per heavy atom. The third kappa shape index (κ3) is 2.23. The topological polar surface area (TPSA) is 76.0 Å². The molecule has 0 atom stereocenters. The van der Waals surface area contributed by atoms with Crippen LogP contribution in [0.4, 0.5) is 5.69 Å². The van der Waals surface area contributed by atoms with Gasteiger partial charge in [0.1, 0.15) is 0 Å². The highest BCUT2D eigenvalue weighted by Crippen LogP contribution is 2.17. The predicted octanol–water partition coefficient (Wildman–Crippen LogP) is 2.26. The van der Waals surface area contributed by atoms with E-state index in [0.717, 1.165) is 11.1 Å². The minimum Gasteiger partial charge on any atom is -0.316 e. The zero-order valence-corrected chi connectivity index (χ0v) is 9.14. The first-order chi connectivity index (χ1) is 8.08. The van der Waals surface area contributed by atoms with E-state index in [1.165, 1.54) is 12.1 Å². The monoisotopic (exact) mass is 230 g/mol. The molecular formula is C12H10N2O3. The summed E-state index contributed by atoms with van der Waals surface area (Å²) in [5.74, 6) is 0. The molecule has 0 saturated heterocycles. The number of nitro groups is 1. The van der Waals surface area contributed by atoms with Crippen molar-refractivity contribution in [2.45, 2.75) is 6.92 Å². The van der Waals surface area contributed by atoms with Crippen LogP contribution in [0.15, 0.2) is 41.2 Å². The van der Waals surface area contributed by atoms with Gasteiger partial charge in [0.05, 0.1) is 4.92 Å². The summed E-state index contributed by atoms with van der Waals surface area (Å²) in [5.41, 5.74) is 1.37. The van der Waals surface area contributed by atoms with Crippen LogP contribution in [-0.4, -0.2) is 9.91 Å². The predicted molar refractivity (Wildman–Crippen MR) is 63.9 cm³/mol. The number of aryl methyl sites for hydroxylation is 1. The number of pyridine rings is 1. The molecule has 1 aromatic heterocycles. The SMILES string of the molecule is Cc1ccc(-c2ccc([N+](=O)[O-])c(=O)[nH]2)cc1. The molecule has 2 aromatic rings. The largest absolute Gasteiger partial charge is 0.333 e. The van der Waals surface area contributed by atoms with Gasteiger partial charge in [0.25, 0.3) is 0 Å². The normalized spacial score (nSPS) is 10.2. The summed E-state index contributed by atoms with van der Waals surface area (Å²) in [7, 11) is 0. The van der Waals surface area contributed by atoms with Gasteiger partial charge in [-0.2, -0.15) is 0 Å². The van der Waals surface area contributed by atoms with E-state index in [1.807, 2.05) is 31.2 Å². The average Bonchev–Trinajstić information content (AvgIpc) is 2.29. The average molecular weight is 230 g/mol. The second-order valence-electron chi connectivity index (χ2n) is 3.71. The summed E-state index contributed by atoms with van der Waals surface area (Å²) in [6, 6.07) is 10.3. The van der Waals surface area contributed by atoms with Crippen LogP contribution in [0, 0.1) is 17.0 Å².